The van der Waals surface area contributed by atoms with Gasteiger partial charge in [0.25, 0.3) is 0 Å². The van der Waals surface area contributed by atoms with Gasteiger partial charge < -0.3 is 10.7 Å². The third-order valence-corrected chi connectivity index (χ3v) is 3.21. The number of benzene rings is 1. The zero-order valence-electron chi connectivity index (χ0n) is 10.4. The average Bonchev–Trinajstić information content (AvgIpc) is 2.69. The van der Waals surface area contributed by atoms with Crippen LogP contribution in [0.15, 0.2) is 30.6 Å². The Kier molecular flexibility index (Phi) is 2.30. The maximum absolute atomic E-state index is 6.09. The van der Waals surface area contributed by atoms with Crippen LogP contribution in [0.3, 0.4) is 0 Å². The van der Waals surface area contributed by atoms with Crippen LogP contribution in [-0.2, 0) is 0 Å². The van der Waals surface area contributed by atoms with Crippen LogP contribution in [0.1, 0.15) is 11.4 Å². The number of nitrogens with two attached hydrogens (primary N) is 1. The van der Waals surface area contributed by atoms with Crippen LogP contribution in [0, 0.1) is 13.8 Å². The fourth-order valence-electron chi connectivity index (χ4n) is 2.26. The quantitative estimate of drug-likeness (QED) is 0.685. The number of fused-ring (bicyclic) bond motifs is 1. The van der Waals surface area contributed by atoms with E-state index in [1.807, 2.05) is 26.0 Å². The molecular formula is C14H14N4. The number of hydrogen-bond donors (Lipinski definition) is 2. The summed E-state index contributed by atoms with van der Waals surface area (Å²) in [5.74, 6) is 0. The number of H-pyrrole nitrogens is 1. The van der Waals surface area contributed by atoms with E-state index in [0.29, 0.717) is 5.69 Å². The predicted molar refractivity (Wildman–Crippen MR) is 73.2 cm³/mol. The molecule has 3 aromatic rings. The fourth-order valence-corrected chi connectivity index (χ4v) is 2.26. The van der Waals surface area contributed by atoms with Crippen LogP contribution in [0.5, 0.6) is 0 Å². The van der Waals surface area contributed by atoms with Gasteiger partial charge in [0, 0.05) is 22.2 Å². The molecule has 3 N–H and O–H groups in total. The van der Waals surface area contributed by atoms with E-state index >= 15 is 0 Å². The Morgan fingerprint density at radius 3 is 2.72 bits per heavy atom. The summed E-state index contributed by atoms with van der Waals surface area (Å²) >= 11 is 0. The van der Waals surface area contributed by atoms with Crippen LogP contribution in [0.2, 0.25) is 0 Å². The van der Waals surface area contributed by atoms with Crippen molar-refractivity contribution < 1.29 is 0 Å². The SMILES string of the molecule is Cc1ncnc(-c2c(C)[nH]c3ccccc23)c1N. The predicted octanol–water partition coefficient (Wildman–Crippen LogP) is 2.82. The van der Waals surface area contributed by atoms with Gasteiger partial charge in [-0.2, -0.15) is 0 Å². The van der Waals surface area contributed by atoms with E-state index in [-0.39, 0.29) is 0 Å². The summed E-state index contributed by atoms with van der Waals surface area (Å²) in [6.45, 7) is 3.93. The first-order valence-electron chi connectivity index (χ1n) is 5.83. The summed E-state index contributed by atoms with van der Waals surface area (Å²) in [4.78, 5) is 11.8. The largest absolute Gasteiger partial charge is 0.395 e. The van der Waals surface area contributed by atoms with Gasteiger partial charge in [0.05, 0.1) is 17.1 Å². The number of para-hydroxylation sites is 1. The summed E-state index contributed by atoms with van der Waals surface area (Å²) in [6, 6.07) is 8.15. The van der Waals surface area contributed by atoms with Gasteiger partial charge >= 0.3 is 0 Å². The number of aryl methyl sites for hydroxylation is 2. The molecule has 0 unspecified atom stereocenters. The first-order chi connectivity index (χ1) is 8.68. The minimum Gasteiger partial charge on any atom is -0.395 e. The molecule has 0 aliphatic rings. The molecule has 0 saturated heterocycles. The first-order valence-corrected chi connectivity index (χ1v) is 5.83. The maximum atomic E-state index is 6.09. The Bertz CT molecular complexity index is 728. The van der Waals surface area contributed by atoms with E-state index in [2.05, 4.69) is 27.1 Å². The zero-order valence-corrected chi connectivity index (χ0v) is 10.4. The van der Waals surface area contributed by atoms with E-state index in [4.69, 9.17) is 5.73 Å². The lowest BCUT2D eigenvalue weighted by Crippen LogP contribution is -1.99. The van der Waals surface area contributed by atoms with Crippen LogP contribution in [-0.4, -0.2) is 15.0 Å². The van der Waals surface area contributed by atoms with E-state index in [9.17, 15) is 0 Å². The van der Waals surface area contributed by atoms with Crippen molar-refractivity contribution in [2.24, 2.45) is 0 Å². The molecule has 0 aliphatic heterocycles. The lowest BCUT2D eigenvalue weighted by Gasteiger charge is -2.06. The van der Waals surface area contributed by atoms with Gasteiger partial charge in [0.15, 0.2) is 0 Å². The molecule has 1 aromatic carbocycles. The zero-order chi connectivity index (χ0) is 12.7. The van der Waals surface area contributed by atoms with Crippen LogP contribution in [0.4, 0.5) is 5.69 Å². The van der Waals surface area contributed by atoms with Crippen LogP contribution < -0.4 is 5.73 Å². The number of aromatic nitrogens is 3. The van der Waals surface area contributed by atoms with E-state index in [1.54, 1.807) is 6.33 Å². The van der Waals surface area contributed by atoms with Gasteiger partial charge in [-0.3, -0.25) is 0 Å². The van der Waals surface area contributed by atoms with E-state index in [0.717, 1.165) is 33.5 Å². The number of aromatic amines is 1. The highest BCUT2D eigenvalue weighted by molar-refractivity contribution is 5.99. The third kappa shape index (κ3) is 1.46. The summed E-state index contributed by atoms with van der Waals surface area (Å²) in [7, 11) is 0. The number of rotatable bonds is 1. The van der Waals surface area contributed by atoms with Gasteiger partial charge in [0.2, 0.25) is 0 Å². The second-order valence-electron chi connectivity index (χ2n) is 4.39. The lowest BCUT2D eigenvalue weighted by molar-refractivity contribution is 1.11. The Balaban J connectivity index is 2.38. The second kappa shape index (κ2) is 3.84. The molecule has 4 heteroatoms. The van der Waals surface area contributed by atoms with Crippen molar-refractivity contribution in [1.29, 1.82) is 0 Å². The molecule has 0 bridgehead atoms. The number of nitrogen functional groups attached to an aromatic ring is 1. The Morgan fingerprint density at radius 2 is 1.89 bits per heavy atom. The molecular weight excluding hydrogens is 224 g/mol. The fraction of sp³-hybridized carbons (Fsp3) is 0.143. The molecule has 0 saturated carbocycles. The maximum Gasteiger partial charge on any atom is 0.116 e. The molecule has 2 aromatic heterocycles. The summed E-state index contributed by atoms with van der Waals surface area (Å²) in [5.41, 5.74) is 11.6. The lowest BCUT2D eigenvalue weighted by atomic mass is 10.1. The average molecular weight is 238 g/mol. The Labute approximate surface area is 105 Å². The molecule has 0 fully saturated rings. The van der Waals surface area contributed by atoms with Crippen molar-refractivity contribution in [2.75, 3.05) is 5.73 Å². The van der Waals surface area contributed by atoms with E-state index < -0.39 is 0 Å². The highest BCUT2D eigenvalue weighted by atomic mass is 14.9. The number of nitrogens with zero attached hydrogens (tertiary/aromatic N) is 2. The molecule has 0 radical (unpaired) electrons. The number of anilines is 1. The molecule has 0 amide bonds. The van der Waals surface area contributed by atoms with Crippen molar-refractivity contribution >= 4 is 16.6 Å². The topological polar surface area (TPSA) is 67.6 Å². The molecule has 0 aliphatic carbocycles. The number of nitrogens with one attached hydrogen (secondary N) is 1. The monoisotopic (exact) mass is 238 g/mol. The first kappa shape index (κ1) is 10.8. The summed E-state index contributed by atoms with van der Waals surface area (Å²) in [6.07, 6.45) is 1.56. The van der Waals surface area contributed by atoms with Gasteiger partial charge in [-0.1, -0.05) is 18.2 Å². The van der Waals surface area contributed by atoms with Gasteiger partial charge in [-0.05, 0) is 19.9 Å². The highest BCUT2D eigenvalue weighted by Crippen LogP contribution is 2.34. The normalized spacial score (nSPS) is 11.0. The molecule has 90 valence electrons. The van der Waals surface area contributed by atoms with Gasteiger partial charge in [-0.15, -0.1) is 0 Å². The molecule has 4 nitrogen and oxygen atoms in total. The summed E-state index contributed by atoms with van der Waals surface area (Å²) < 4.78 is 0. The molecule has 2 heterocycles. The van der Waals surface area contributed by atoms with Gasteiger partial charge in [0.1, 0.15) is 6.33 Å². The highest BCUT2D eigenvalue weighted by Gasteiger charge is 2.15. The molecule has 0 atom stereocenters. The third-order valence-electron chi connectivity index (χ3n) is 3.21. The molecule has 0 spiro atoms. The molecule has 18 heavy (non-hydrogen) atoms. The van der Waals surface area contributed by atoms with Gasteiger partial charge in [-0.25, -0.2) is 9.97 Å². The van der Waals surface area contributed by atoms with Crippen molar-refractivity contribution in [2.45, 2.75) is 13.8 Å². The molecule has 3 rings (SSSR count). The van der Waals surface area contributed by atoms with Crippen molar-refractivity contribution in [1.82, 2.24) is 15.0 Å². The second-order valence-corrected chi connectivity index (χ2v) is 4.39. The van der Waals surface area contributed by atoms with Crippen LogP contribution in [0.25, 0.3) is 22.2 Å². The van der Waals surface area contributed by atoms with Crippen molar-refractivity contribution in [3.63, 3.8) is 0 Å². The minimum atomic E-state index is 0.644. The van der Waals surface area contributed by atoms with Crippen LogP contribution >= 0.6 is 0 Å². The van der Waals surface area contributed by atoms with Crippen molar-refractivity contribution in [3.05, 3.63) is 42.0 Å². The Hall–Kier alpha value is -2.36. The van der Waals surface area contributed by atoms with Crippen molar-refractivity contribution in [3.8, 4) is 11.3 Å². The minimum absolute atomic E-state index is 0.644. The number of hydrogen-bond acceptors (Lipinski definition) is 3. The standard InChI is InChI=1S/C14H14N4/c1-8-12(10-5-3-4-6-11(10)18-8)14-13(15)9(2)16-7-17-14/h3-7,18H,15H2,1-2H3. The van der Waals surface area contributed by atoms with E-state index in [1.165, 1.54) is 0 Å². The summed E-state index contributed by atoms with van der Waals surface area (Å²) in [5, 5.41) is 1.14. The smallest absolute Gasteiger partial charge is 0.116 e. The Morgan fingerprint density at radius 1 is 1.11 bits per heavy atom.